The summed E-state index contributed by atoms with van der Waals surface area (Å²) < 4.78 is 40.2. The summed E-state index contributed by atoms with van der Waals surface area (Å²) in [7, 11) is 0. The molecular weight excluding hydrogens is 377 g/mol. The number of nitrogens with one attached hydrogen (secondary N) is 1. The van der Waals surface area contributed by atoms with Gasteiger partial charge in [0.05, 0.1) is 22.4 Å². The number of carboxylic acid groups (broad SMARTS) is 1. The number of hydrogen-bond donors (Lipinski definition) is 2. The zero-order chi connectivity index (χ0) is 20.7. The molecule has 0 bridgehead atoms. The van der Waals surface area contributed by atoms with Gasteiger partial charge in [-0.3, -0.25) is 10.1 Å². The smallest absolute Gasteiger partial charge is 0.416 e. The molecule has 1 aromatic heterocycles. The molecule has 1 aliphatic heterocycles. The van der Waals surface area contributed by atoms with Crippen LogP contribution in [0.25, 0.3) is 5.69 Å². The van der Waals surface area contributed by atoms with Gasteiger partial charge >= 0.3 is 18.2 Å². The lowest BCUT2D eigenvalue weighted by Gasteiger charge is -2.20. The number of aryl methyl sites for hydroxylation is 1. The van der Waals surface area contributed by atoms with Crippen molar-refractivity contribution in [2.24, 2.45) is 5.41 Å². The summed E-state index contributed by atoms with van der Waals surface area (Å²) in [6, 6.07) is 5.62. The number of benzene rings is 1. The number of carbonyl (C=O) groups excluding carboxylic acids is 1. The van der Waals surface area contributed by atoms with Crippen LogP contribution < -0.4 is 5.32 Å². The summed E-state index contributed by atoms with van der Waals surface area (Å²) in [5, 5.41) is 16.1. The van der Waals surface area contributed by atoms with Gasteiger partial charge in [0, 0.05) is 19.2 Å². The van der Waals surface area contributed by atoms with Crippen LogP contribution in [0.4, 0.5) is 23.8 Å². The third-order valence-corrected chi connectivity index (χ3v) is 4.76. The van der Waals surface area contributed by atoms with Crippen molar-refractivity contribution in [3.05, 3.63) is 41.6 Å². The number of anilines is 1. The van der Waals surface area contributed by atoms with Crippen LogP contribution in [0.2, 0.25) is 0 Å². The number of carbonyl (C=O) groups is 2. The van der Waals surface area contributed by atoms with Crippen LogP contribution in [-0.4, -0.2) is 44.9 Å². The molecule has 1 saturated heterocycles. The molecule has 0 aliphatic carbocycles. The van der Waals surface area contributed by atoms with Crippen molar-refractivity contribution in [1.29, 1.82) is 0 Å². The van der Waals surface area contributed by atoms with E-state index >= 15 is 0 Å². The number of aliphatic carboxylic acids is 1. The molecule has 1 atom stereocenters. The molecule has 28 heavy (non-hydrogen) atoms. The van der Waals surface area contributed by atoms with Crippen LogP contribution in [-0.2, 0) is 11.0 Å². The fraction of sp³-hybridized carbons (Fsp3) is 0.389. The fourth-order valence-electron chi connectivity index (χ4n) is 3.10. The third-order valence-electron chi connectivity index (χ3n) is 4.76. The van der Waals surface area contributed by atoms with Crippen LogP contribution in [0.3, 0.4) is 0 Å². The van der Waals surface area contributed by atoms with Crippen LogP contribution >= 0.6 is 0 Å². The maximum absolute atomic E-state index is 13.0. The Bertz CT molecular complexity index is 925. The van der Waals surface area contributed by atoms with E-state index in [1.165, 1.54) is 27.8 Å². The van der Waals surface area contributed by atoms with E-state index in [-0.39, 0.29) is 24.6 Å². The Balaban J connectivity index is 1.84. The van der Waals surface area contributed by atoms with Gasteiger partial charge in [-0.05, 0) is 38.5 Å². The zero-order valence-electron chi connectivity index (χ0n) is 15.2. The Morgan fingerprint density at radius 1 is 1.29 bits per heavy atom. The van der Waals surface area contributed by atoms with Gasteiger partial charge in [-0.25, -0.2) is 9.48 Å². The number of hydrogen-bond acceptors (Lipinski definition) is 3. The molecule has 0 saturated carbocycles. The molecule has 0 spiro atoms. The predicted molar refractivity (Wildman–Crippen MR) is 94.3 cm³/mol. The molecule has 0 radical (unpaired) electrons. The number of carboxylic acids is 1. The lowest BCUT2D eigenvalue weighted by atomic mass is 9.90. The first kappa shape index (κ1) is 19.7. The molecule has 1 unspecified atom stereocenters. The molecule has 150 valence electrons. The zero-order valence-corrected chi connectivity index (χ0v) is 15.2. The quantitative estimate of drug-likeness (QED) is 0.831. The fourth-order valence-corrected chi connectivity index (χ4v) is 3.10. The second-order valence-electron chi connectivity index (χ2n) is 7.10. The molecule has 2 amide bonds. The van der Waals surface area contributed by atoms with Crippen molar-refractivity contribution in [2.45, 2.75) is 26.4 Å². The molecule has 7 nitrogen and oxygen atoms in total. The van der Waals surface area contributed by atoms with Crippen molar-refractivity contribution in [3.8, 4) is 5.69 Å². The first-order chi connectivity index (χ1) is 13.0. The number of aromatic nitrogens is 2. The molecule has 10 heteroatoms. The van der Waals surface area contributed by atoms with E-state index in [9.17, 15) is 27.9 Å². The predicted octanol–water partition coefficient (Wildman–Crippen LogP) is 3.53. The SMILES string of the molecule is Cc1cc(NC(=O)N2CCC(C)(C(=O)O)C2)n(-c2cccc(C(F)(F)F)c2)n1. The highest BCUT2D eigenvalue weighted by Gasteiger charge is 2.42. The van der Waals surface area contributed by atoms with Gasteiger partial charge in [0.15, 0.2) is 0 Å². The van der Waals surface area contributed by atoms with Crippen molar-refractivity contribution >= 4 is 17.8 Å². The lowest BCUT2D eigenvalue weighted by molar-refractivity contribution is -0.147. The normalized spacial score (nSPS) is 19.7. The average Bonchev–Trinajstić information content (AvgIpc) is 3.18. The standard InChI is InChI=1S/C18H19F3N4O3/c1-11-8-14(22-16(28)24-7-6-17(2,10-24)15(26)27)25(23-11)13-5-3-4-12(9-13)18(19,20)21/h3-5,8-9H,6-7,10H2,1-2H3,(H,22,28)(H,26,27). The highest BCUT2D eigenvalue weighted by Crippen LogP contribution is 2.32. The number of urea groups is 1. The Morgan fingerprint density at radius 3 is 2.61 bits per heavy atom. The minimum atomic E-state index is -4.50. The topological polar surface area (TPSA) is 87.5 Å². The van der Waals surface area contributed by atoms with Crippen LogP contribution in [0, 0.1) is 12.3 Å². The summed E-state index contributed by atoms with van der Waals surface area (Å²) >= 11 is 0. The molecule has 1 aliphatic rings. The Morgan fingerprint density at radius 2 is 2.00 bits per heavy atom. The number of halogens is 3. The summed E-state index contributed by atoms with van der Waals surface area (Å²) in [5.74, 6) is -0.779. The molecule has 2 N–H and O–H groups in total. The van der Waals surface area contributed by atoms with Gasteiger partial charge in [0.1, 0.15) is 5.82 Å². The van der Waals surface area contributed by atoms with Gasteiger partial charge in [-0.15, -0.1) is 0 Å². The van der Waals surface area contributed by atoms with Gasteiger partial charge in [-0.1, -0.05) is 6.07 Å². The molecular formula is C18H19F3N4O3. The van der Waals surface area contributed by atoms with Crippen molar-refractivity contribution in [3.63, 3.8) is 0 Å². The van der Waals surface area contributed by atoms with Gasteiger partial charge in [0.25, 0.3) is 0 Å². The van der Waals surface area contributed by atoms with Crippen LogP contribution in [0.5, 0.6) is 0 Å². The summed E-state index contributed by atoms with van der Waals surface area (Å²) in [4.78, 5) is 25.3. The van der Waals surface area contributed by atoms with Crippen molar-refractivity contribution in [1.82, 2.24) is 14.7 Å². The minimum absolute atomic E-state index is 0.0465. The van der Waals surface area contributed by atoms with E-state index < -0.39 is 29.2 Å². The van der Waals surface area contributed by atoms with Crippen LogP contribution in [0.15, 0.2) is 30.3 Å². The first-order valence-electron chi connectivity index (χ1n) is 8.53. The van der Waals surface area contributed by atoms with E-state index in [1.54, 1.807) is 13.8 Å². The first-order valence-corrected chi connectivity index (χ1v) is 8.53. The van der Waals surface area contributed by atoms with E-state index in [0.29, 0.717) is 12.1 Å². The minimum Gasteiger partial charge on any atom is -0.481 e. The number of likely N-dealkylation sites (tertiary alicyclic amines) is 1. The van der Waals surface area contributed by atoms with Gasteiger partial charge in [0.2, 0.25) is 0 Å². The molecule has 3 rings (SSSR count). The van der Waals surface area contributed by atoms with E-state index in [2.05, 4.69) is 10.4 Å². The van der Waals surface area contributed by atoms with Gasteiger partial charge < -0.3 is 10.0 Å². The number of alkyl halides is 3. The van der Waals surface area contributed by atoms with Crippen LogP contribution in [0.1, 0.15) is 24.6 Å². The summed E-state index contributed by atoms with van der Waals surface area (Å²) in [5.41, 5.74) is -1.19. The lowest BCUT2D eigenvalue weighted by Crippen LogP contribution is -2.37. The average molecular weight is 396 g/mol. The largest absolute Gasteiger partial charge is 0.481 e. The van der Waals surface area contributed by atoms with E-state index in [4.69, 9.17) is 0 Å². The highest BCUT2D eigenvalue weighted by atomic mass is 19.4. The molecule has 1 aromatic carbocycles. The summed E-state index contributed by atoms with van der Waals surface area (Å²) in [6.07, 6.45) is -4.18. The monoisotopic (exact) mass is 396 g/mol. The van der Waals surface area contributed by atoms with E-state index in [1.807, 2.05) is 0 Å². The summed E-state index contributed by atoms with van der Waals surface area (Å²) in [6.45, 7) is 3.53. The highest BCUT2D eigenvalue weighted by molar-refractivity contribution is 5.90. The molecule has 2 heterocycles. The molecule has 2 aromatic rings. The third kappa shape index (κ3) is 3.80. The van der Waals surface area contributed by atoms with E-state index in [0.717, 1.165) is 12.1 Å². The Kier molecular flexibility index (Phi) is 4.82. The maximum atomic E-state index is 13.0. The second kappa shape index (κ2) is 6.84. The number of amides is 2. The number of rotatable bonds is 3. The van der Waals surface area contributed by atoms with Crippen molar-refractivity contribution < 1.29 is 27.9 Å². The van der Waals surface area contributed by atoms with Gasteiger partial charge in [-0.2, -0.15) is 18.3 Å². The Hall–Kier alpha value is -3.04. The van der Waals surface area contributed by atoms with Crippen molar-refractivity contribution in [2.75, 3.05) is 18.4 Å². The molecule has 1 fully saturated rings. The maximum Gasteiger partial charge on any atom is 0.416 e. The Labute approximate surface area is 158 Å². The number of nitrogens with zero attached hydrogens (tertiary/aromatic N) is 3. The second-order valence-corrected chi connectivity index (χ2v) is 7.10.